The largest absolute Gasteiger partial charge is 0.508 e. The van der Waals surface area contributed by atoms with Crippen molar-refractivity contribution in [1.82, 2.24) is 4.90 Å². The molecule has 120 valence electrons. The van der Waals surface area contributed by atoms with Crippen LogP contribution in [-0.4, -0.2) is 23.1 Å². The summed E-state index contributed by atoms with van der Waals surface area (Å²) in [5, 5.41) is 10.1. The van der Waals surface area contributed by atoms with E-state index in [4.69, 9.17) is 0 Å². The fourth-order valence-corrected chi connectivity index (χ4v) is 3.46. The molecule has 0 spiro atoms. The van der Waals surface area contributed by atoms with Crippen molar-refractivity contribution in [3.05, 3.63) is 29.3 Å². The third-order valence-corrected chi connectivity index (χ3v) is 4.93. The van der Waals surface area contributed by atoms with Crippen LogP contribution in [0.1, 0.15) is 63.5 Å². The molecule has 2 atom stereocenters. The Morgan fingerprint density at radius 1 is 1.14 bits per heavy atom. The van der Waals surface area contributed by atoms with Crippen LogP contribution in [0.15, 0.2) is 18.2 Å². The normalized spacial score (nSPS) is 22.1. The lowest BCUT2D eigenvalue weighted by Crippen LogP contribution is -2.22. The lowest BCUT2D eigenvalue weighted by atomic mass is 9.76. The first-order valence-corrected chi connectivity index (χ1v) is 8.19. The maximum absolute atomic E-state index is 10.1. The fourth-order valence-electron chi connectivity index (χ4n) is 3.46. The maximum atomic E-state index is 10.1. The second-order valence-electron chi connectivity index (χ2n) is 6.22. The highest BCUT2D eigenvalue weighted by atomic mass is 35.5. The lowest BCUT2D eigenvalue weighted by molar-refractivity contribution is 0.290. The minimum absolute atomic E-state index is 0. The number of nitrogens with zero attached hydrogens (tertiary/aromatic N) is 1. The highest BCUT2D eigenvalue weighted by molar-refractivity contribution is 5.85. The molecule has 0 saturated heterocycles. The molecule has 1 aromatic rings. The summed E-state index contributed by atoms with van der Waals surface area (Å²) in [6.45, 7) is 9.63. The molecule has 2 rings (SSSR count). The van der Waals surface area contributed by atoms with Gasteiger partial charge in [-0.1, -0.05) is 52.2 Å². The topological polar surface area (TPSA) is 23.5 Å². The number of benzene rings is 1. The summed E-state index contributed by atoms with van der Waals surface area (Å²) in [5.74, 6) is 1.90. The molecule has 1 aromatic carbocycles. The van der Waals surface area contributed by atoms with Crippen molar-refractivity contribution < 1.29 is 5.11 Å². The molecule has 0 bridgehead atoms. The van der Waals surface area contributed by atoms with E-state index in [0.29, 0.717) is 11.7 Å². The average Bonchev–Trinajstić information content (AvgIpc) is 2.47. The van der Waals surface area contributed by atoms with E-state index in [1.807, 2.05) is 6.07 Å². The molecule has 0 heterocycles. The van der Waals surface area contributed by atoms with Gasteiger partial charge in [-0.2, -0.15) is 0 Å². The van der Waals surface area contributed by atoms with Crippen LogP contribution in [0.25, 0.3) is 0 Å². The molecule has 3 heteroatoms. The van der Waals surface area contributed by atoms with Crippen LogP contribution in [0.3, 0.4) is 0 Å². The summed E-state index contributed by atoms with van der Waals surface area (Å²) in [4.78, 5) is 2.35. The van der Waals surface area contributed by atoms with Crippen molar-refractivity contribution in [2.75, 3.05) is 13.1 Å². The molecule has 0 amide bonds. The summed E-state index contributed by atoms with van der Waals surface area (Å²) >= 11 is 0. The van der Waals surface area contributed by atoms with Crippen LogP contribution in [0.4, 0.5) is 0 Å². The quantitative estimate of drug-likeness (QED) is 0.831. The Hall–Kier alpha value is -0.730. The Bertz CT molecular complexity index is 431. The molecule has 21 heavy (non-hydrogen) atoms. The summed E-state index contributed by atoms with van der Waals surface area (Å²) in [6, 6.07) is 6.28. The second-order valence-corrected chi connectivity index (χ2v) is 6.22. The van der Waals surface area contributed by atoms with E-state index < -0.39 is 0 Å². The van der Waals surface area contributed by atoms with Gasteiger partial charge >= 0.3 is 0 Å². The molecule has 0 aromatic heterocycles. The van der Waals surface area contributed by atoms with Gasteiger partial charge in [-0.05, 0) is 43.0 Å². The van der Waals surface area contributed by atoms with Crippen LogP contribution in [0.2, 0.25) is 0 Å². The van der Waals surface area contributed by atoms with Gasteiger partial charge in [-0.15, -0.1) is 12.4 Å². The fraction of sp³-hybridized carbons (Fsp3) is 0.667. The van der Waals surface area contributed by atoms with Gasteiger partial charge in [-0.3, -0.25) is 4.90 Å². The van der Waals surface area contributed by atoms with Gasteiger partial charge in [0, 0.05) is 12.1 Å². The lowest BCUT2D eigenvalue weighted by Gasteiger charge is -2.30. The Kier molecular flexibility index (Phi) is 7.55. The predicted molar refractivity (Wildman–Crippen MR) is 92.4 cm³/mol. The standard InChI is InChI=1S/C18H29NO.ClH/c1-4-19(5-2)13-16-12-15(10-11-18(16)20)17-9-7-6-8-14(17)3;/h10-12,14,17,20H,4-9,13H2,1-3H3;1H. The Labute approximate surface area is 136 Å². The van der Waals surface area contributed by atoms with Gasteiger partial charge in [0.25, 0.3) is 0 Å². The van der Waals surface area contributed by atoms with Crippen LogP contribution in [0, 0.1) is 5.92 Å². The zero-order chi connectivity index (χ0) is 14.5. The Balaban J connectivity index is 0.00000220. The first-order valence-electron chi connectivity index (χ1n) is 8.19. The summed E-state index contributed by atoms with van der Waals surface area (Å²) in [5.41, 5.74) is 2.51. The van der Waals surface area contributed by atoms with E-state index in [9.17, 15) is 5.11 Å². The van der Waals surface area contributed by atoms with E-state index in [2.05, 4.69) is 37.8 Å². The monoisotopic (exact) mass is 311 g/mol. The number of aromatic hydroxyl groups is 1. The Morgan fingerprint density at radius 3 is 2.43 bits per heavy atom. The minimum Gasteiger partial charge on any atom is -0.508 e. The first-order chi connectivity index (χ1) is 9.65. The summed E-state index contributed by atoms with van der Waals surface area (Å²) in [7, 11) is 0. The number of rotatable bonds is 5. The molecule has 0 aliphatic heterocycles. The number of hydrogen-bond donors (Lipinski definition) is 1. The summed E-state index contributed by atoms with van der Waals surface area (Å²) < 4.78 is 0. The minimum atomic E-state index is 0. The molecule has 0 radical (unpaired) electrons. The Morgan fingerprint density at radius 2 is 1.81 bits per heavy atom. The molecular weight excluding hydrogens is 282 g/mol. The number of hydrogen-bond acceptors (Lipinski definition) is 2. The van der Waals surface area contributed by atoms with Gasteiger partial charge < -0.3 is 5.11 Å². The molecule has 1 N–H and O–H groups in total. The van der Waals surface area contributed by atoms with Crippen molar-refractivity contribution in [2.45, 2.75) is 58.9 Å². The third-order valence-electron chi connectivity index (χ3n) is 4.93. The zero-order valence-corrected chi connectivity index (χ0v) is 14.5. The number of halogens is 1. The highest BCUT2D eigenvalue weighted by Crippen LogP contribution is 2.38. The molecule has 2 unspecified atom stereocenters. The highest BCUT2D eigenvalue weighted by Gasteiger charge is 2.23. The van der Waals surface area contributed by atoms with Crippen LogP contribution in [0.5, 0.6) is 5.75 Å². The maximum Gasteiger partial charge on any atom is 0.120 e. The van der Waals surface area contributed by atoms with Gasteiger partial charge in [0.05, 0.1) is 0 Å². The van der Waals surface area contributed by atoms with Crippen molar-refractivity contribution in [1.29, 1.82) is 0 Å². The number of phenols is 1. The molecule has 1 aliphatic carbocycles. The zero-order valence-electron chi connectivity index (χ0n) is 13.6. The van der Waals surface area contributed by atoms with Crippen LogP contribution in [-0.2, 0) is 6.54 Å². The second kappa shape index (κ2) is 8.65. The van der Waals surface area contributed by atoms with Gasteiger partial charge in [-0.25, -0.2) is 0 Å². The predicted octanol–water partition coefficient (Wildman–Crippen LogP) is 4.95. The van der Waals surface area contributed by atoms with E-state index in [1.54, 1.807) is 0 Å². The van der Waals surface area contributed by atoms with E-state index >= 15 is 0 Å². The first kappa shape index (κ1) is 18.3. The van der Waals surface area contributed by atoms with Crippen molar-refractivity contribution in [3.63, 3.8) is 0 Å². The van der Waals surface area contributed by atoms with Gasteiger partial charge in [0.15, 0.2) is 0 Å². The van der Waals surface area contributed by atoms with E-state index in [1.165, 1.54) is 31.2 Å². The van der Waals surface area contributed by atoms with E-state index in [0.717, 1.165) is 31.1 Å². The van der Waals surface area contributed by atoms with Gasteiger partial charge in [0.2, 0.25) is 0 Å². The molecule has 1 fully saturated rings. The molecule has 2 nitrogen and oxygen atoms in total. The molecule has 1 saturated carbocycles. The number of phenolic OH excluding ortho intramolecular Hbond substituents is 1. The van der Waals surface area contributed by atoms with E-state index in [-0.39, 0.29) is 12.4 Å². The van der Waals surface area contributed by atoms with Crippen molar-refractivity contribution >= 4 is 12.4 Å². The molecular formula is C18H30ClNO. The SMILES string of the molecule is CCN(CC)Cc1cc(C2CCCCC2C)ccc1O.Cl. The summed E-state index contributed by atoms with van der Waals surface area (Å²) in [6.07, 6.45) is 5.37. The van der Waals surface area contributed by atoms with Crippen molar-refractivity contribution in [2.24, 2.45) is 5.92 Å². The third kappa shape index (κ3) is 4.62. The van der Waals surface area contributed by atoms with Crippen LogP contribution >= 0.6 is 12.4 Å². The van der Waals surface area contributed by atoms with Gasteiger partial charge in [0.1, 0.15) is 5.75 Å². The average molecular weight is 312 g/mol. The smallest absolute Gasteiger partial charge is 0.120 e. The van der Waals surface area contributed by atoms with Crippen molar-refractivity contribution in [3.8, 4) is 5.75 Å². The molecule has 1 aliphatic rings. The van der Waals surface area contributed by atoms with Crippen LogP contribution < -0.4 is 0 Å².